The van der Waals surface area contributed by atoms with Crippen LogP contribution < -0.4 is 5.73 Å². The molecule has 2 atom stereocenters. The van der Waals surface area contributed by atoms with E-state index in [2.05, 4.69) is 40.7 Å². The summed E-state index contributed by atoms with van der Waals surface area (Å²) in [5, 5.41) is 1.32. The van der Waals surface area contributed by atoms with Gasteiger partial charge in [0.25, 0.3) is 0 Å². The van der Waals surface area contributed by atoms with Crippen molar-refractivity contribution in [2.75, 3.05) is 13.1 Å². The minimum atomic E-state index is -0.591. The van der Waals surface area contributed by atoms with Crippen LogP contribution in [0.1, 0.15) is 37.4 Å². The number of carbonyl (C=O) groups excluding carboxylic acids is 1. The molecule has 0 bridgehead atoms. The molecule has 1 amide bonds. The van der Waals surface area contributed by atoms with Crippen LogP contribution in [0.15, 0.2) is 24.3 Å². The lowest BCUT2D eigenvalue weighted by atomic mass is 9.60. The lowest BCUT2D eigenvalue weighted by Gasteiger charge is -2.55. The summed E-state index contributed by atoms with van der Waals surface area (Å²) in [5.74, 6) is -0.137. The van der Waals surface area contributed by atoms with Crippen LogP contribution >= 0.6 is 0 Å². The molecule has 1 saturated heterocycles. The van der Waals surface area contributed by atoms with E-state index in [0.29, 0.717) is 0 Å². The number of primary amides is 1. The SMILES string of the molecule is CC[C@]12CCCN3CCc4c(n(c5ccccc45)C1)[C@@]32C(N)=O. The molecule has 4 heteroatoms. The standard InChI is InChI=1S/C19H23N3O/c1-2-18-9-5-10-21-11-8-14-13-6-3-4-7-15(13)22(12-18)16(14)19(18,21)17(20)23/h3-4,6-7H,2,5,8-12H2,1H3,(H2,20,23)/t18-,19-/m0/s1. The zero-order valence-corrected chi connectivity index (χ0v) is 13.6. The van der Waals surface area contributed by atoms with Gasteiger partial charge >= 0.3 is 0 Å². The molecule has 4 nitrogen and oxygen atoms in total. The summed E-state index contributed by atoms with van der Waals surface area (Å²) in [6, 6.07) is 8.61. The van der Waals surface area contributed by atoms with Crippen LogP contribution in [-0.2, 0) is 23.3 Å². The number of nitrogens with zero attached hydrogens (tertiary/aromatic N) is 2. The molecule has 5 rings (SSSR count). The van der Waals surface area contributed by atoms with Gasteiger partial charge in [0.1, 0.15) is 5.54 Å². The molecule has 3 aliphatic heterocycles. The fraction of sp³-hybridized carbons (Fsp3) is 0.526. The second kappa shape index (κ2) is 4.18. The van der Waals surface area contributed by atoms with Gasteiger partial charge in [-0.05, 0) is 43.9 Å². The monoisotopic (exact) mass is 309 g/mol. The maximum absolute atomic E-state index is 12.9. The molecule has 23 heavy (non-hydrogen) atoms. The molecule has 0 radical (unpaired) electrons. The molecule has 0 saturated carbocycles. The van der Waals surface area contributed by atoms with E-state index in [-0.39, 0.29) is 11.3 Å². The Morgan fingerprint density at radius 3 is 2.91 bits per heavy atom. The smallest absolute Gasteiger partial charge is 0.244 e. The van der Waals surface area contributed by atoms with Crippen molar-refractivity contribution in [3.63, 3.8) is 0 Å². The van der Waals surface area contributed by atoms with Gasteiger partial charge in [0.2, 0.25) is 5.91 Å². The van der Waals surface area contributed by atoms with Crippen LogP contribution in [0.3, 0.4) is 0 Å². The summed E-state index contributed by atoms with van der Waals surface area (Å²) in [6.45, 7) is 5.10. The Hall–Kier alpha value is -1.81. The Bertz CT molecular complexity index is 838. The fourth-order valence-corrected chi connectivity index (χ4v) is 6.00. The lowest BCUT2D eigenvalue weighted by molar-refractivity contribution is -0.149. The lowest BCUT2D eigenvalue weighted by Crippen LogP contribution is -2.67. The number of hydrogen-bond acceptors (Lipinski definition) is 2. The van der Waals surface area contributed by atoms with Crippen LogP contribution in [0.5, 0.6) is 0 Å². The average molecular weight is 309 g/mol. The predicted molar refractivity (Wildman–Crippen MR) is 90.0 cm³/mol. The van der Waals surface area contributed by atoms with Gasteiger partial charge in [-0.25, -0.2) is 0 Å². The van der Waals surface area contributed by atoms with Crippen molar-refractivity contribution in [1.29, 1.82) is 0 Å². The van der Waals surface area contributed by atoms with E-state index < -0.39 is 5.54 Å². The van der Waals surface area contributed by atoms with Gasteiger partial charge in [0.15, 0.2) is 0 Å². The topological polar surface area (TPSA) is 51.3 Å². The number of rotatable bonds is 2. The molecule has 0 aliphatic carbocycles. The van der Waals surface area contributed by atoms with Gasteiger partial charge in [-0.3, -0.25) is 9.69 Å². The van der Waals surface area contributed by atoms with Crippen LogP contribution in [0, 0.1) is 5.41 Å². The Morgan fingerprint density at radius 2 is 2.13 bits per heavy atom. The van der Waals surface area contributed by atoms with Crippen molar-refractivity contribution in [3.8, 4) is 0 Å². The zero-order chi connectivity index (χ0) is 15.8. The second-order valence-corrected chi connectivity index (χ2v) is 7.48. The maximum Gasteiger partial charge on any atom is 0.244 e. The summed E-state index contributed by atoms with van der Waals surface area (Å²) < 4.78 is 2.43. The first-order valence-electron chi connectivity index (χ1n) is 8.81. The van der Waals surface area contributed by atoms with E-state index >= 15 is 0 Å². The number of piperidine rings is 1. The molecule has 120 valence electrons. The first-order chi connectivity index (χ1) is 11.2. The van der Waals surface area contributed by atoms with E-state index in [1.54, 1.807) is 0 Å². The third kappa shape index (κ3) is 1.28. The molecule has 2 aromatic rings. The van der Waals surface area contributed by atoms with Crippen molar-refractivity contribution >= 4 is 16.8 Å². The third-order valence-electron chi connectivity index (χ3n) is 6.87. The Labute approximate surface area is 136 Å². The number of nitrogens with two attached hydrogens (primary N) is 1. The highest BCUT2D eigenvalue weighted by Crippen LogP contribution is 2.61. The van der Waals surface area contributed by atoms with E-state index in [4.69, 9.17) is 5.73 Å². The highest BCUT2D eigenvalue weighted by Gasteiger charge is 2.67. The number of aromatic nitrogens is 1. The van der Waals surface area contributed by atoms with Crippen molar-refractivity contribution < 1.29 is 4.79 Å². The van der Waals surface area contributed by atoms with Crippen molar-refractivity contribution in [1.82, 2.24) is 9.47 Å². The third-order valence-corrected chi connectivity index (χ3v) is 6.87. The number of fused-ring (bicyclic) bond motifs is 3. The number of carbonyl (C=O) groups is 1. The number of benzene rings is 1. The molecule has 1 fully saturated rings. The summed E-state index contributed by atoms with van der Waals surface area (Å²) >= 11 is 0. The Morgan fingerprint density at radius 1 is 1.30 bits per heavy atom. The number of amides is 1. The summed E-state index contributed by atoms with van der Waals surface area (Å²) in [6.07, 6.45) is 4.29. The van der Waals surface area contributed by atoms with E-state index in [0.717, 1.165) is 38.9 Å². The van der Waals surface area contributed by atoms with Gasteiger partial charge in [-0.2, -0.15) is 0 Å². The molecule has 2 N–H and O–H groups in total. The number of hydrogen-bond donors (Lipinski definition) is 1. The second-order valence-electron chi connectivity index (χ2n) is 7.48. The van der Waals surface area contributed by atoms with E-state index in [1.807, 2.05) is 0 Å². The van der Waals surface area contributed by atoms with Crippen LogP contribution in [0.25, 0.3) is 10.9 Å². The molecular formula is C19H23N3O. The van der Waals surface area contributed by atoms with Gasteiger partial charge in [-0.15, -0.1) is 0 Å². The molecule has 0 unspecified atom stereocenters. The van der Waals surface area contributed by atoms with Gasteiger partial charge in [0.05, 0.1) is 5.69 Å². The average Bonchev–Trinajstić information content (AvgIpc) is 3.05. The minimum absolute atomic E-state index is 0.0361. The van der Waals surface area contributed by atoms with Crippen LogP contribution in [-0.4, -0.2) is 28.5 Å². The number of para-hydroxylation sites is 1. The maximum atomic E-state index is 12.9. The highest BCUT2D eigenvalue weighted by molar-refractivity contribution is 5.95. The first-order valence-corrected chi connectivity index (χ1v) is 8.81. The minimum Gasteiger partial charge on any atom is -0.368 e. The van der Waals surface area contributed by atoms with Crippen molar-refractivity contribution in [3.05, 3.63) is 35.5 Å². The van der Waals surface area contributed by atoms with Gasteiger partial charge < -0.3 is 10.3 Å². The Kier molecular flexibility index (Phi) is 2.47. The highest BCUT2D eigenvalue weighted by atomic mass is 16.2. The molecular weight excluding hydrogens is 286 g/mol. The zero-order valence-electron chi connectivity index (χ0n) is 13.6. The summed E-state index contributed by atoms with van der Waals surface area (Å²) in [5.41, 5.74) is 9.38. The summed E-state index contributed by atoms with van der Waals surface area (Å²) in [4.78, 5) is 15.3. The van der Waals surface area contributed by atoms with Crippen molar-refractivity contribution in [2.24, 2.45) is 11.1 Å². The predicted octanol–water partition coefficient (Wildman–Crippen LogP) is 2.38. The molecule has 3 aliphatic rings. The van der Waals surface area contributed by atoms with Gasteiger partial charge in [0, 0.05) is 29.4 Å². The molecule has 1 aromatic carbocycles. The molecule has 4 heterocycles. The fourth-order valence-electron chi connectivity index (χ4n) is 6.00. The van der Waals surface area contributed by atoms with Gasteiger partial charge in [-0.1, -0.05) is 25.1 Å². The normalized spacial score (nSPS) is 32.2. The quantitative estimate of drug-likeness (QED) is 0.926. The Balaban J connectivity index is 1.94. The van der Waals surface area contributed by atoms with E-state index in [9.17, 15) is 4.79 Å². The largest absolute Gasteiger partial charge is 0.368 e. The van der Waals surface area contributed by atoms with Crippen LogP contribution in [0.4, 0.5) is 0 Å². The summed E-state index contributed by atoms with van der Waals surface area (Å²) in [7, 11) is 0. The van der Waals surface area contributed by atoms with Crippen LogP contribution in [0.2, 0.25) is 0 Å². The molecule has 1 aromatic heterocycles. The molecule has 0 spiro atoms. The first kappa shape index (κ1) is 13.6. The van der Waals surface area contributed by atoms with Crippen molar-refractivity contribution in [2.45, 2.75) is 44.7 Å². The van der Waals surface area contributed by atoms with E-state index in [1.165, 1.54) is 28.6 Å².